The van der Waals surface area contributed by atoms with Gasteiger partial charge in [-0.3, -0.25) is 24.1 Å². The lowest BCUT2D eigenvalue weighted by Crippen LogP contribution is -2.51. The Labute approximate surface area is 289 Å². The van der Waals surface area contributed by atoms with Crippen LogP contribution >= 0.6 is 11.6 Å². The van der Waals surface area contributed by atoms with E-state index in [1.165, 1.54) is 4.90 Å². The van der Waals surface area contributed by atoms with Gasteiger partial charge in [0.2, 0.25) is 12.7 Å². The Morgan fingerprint density at radius 1 is 0.898 bits per heavy atom. The lowest BCUT2D eigenvalue weighted by Gasteiger charge is -2.31. The molecule has 0 aliphatic carbocycles. The number of imide groups is 1. The average molecular weight is 682 g/mol. The van der Waals surface area contributed by atoms with Crippen LogP contribution in [0.2, 0.25) is 5.02 Å². The number of nitrogens with one attached hydrogen (secondary N) is 1. The normalized spacial score (nSPS) is 14.4. The van der Waals surface area contributed by atoms with Crippen LogP contribution in [0.4, 0.5) is 0 Å². The van der Waals surface area contributed by atoms with Gasteiger partial charge in [-0.15, -0.1) is 0 Å². The van der Waals surface area contributed by atoms with Crippen LogP contribution < -0.4 is 14.8 Å². The maximum atomic E-state index is 13.8. The van der Waals surface area contributed by atoms with E-state index in [9.17, 15) is 24.3 Å². The second kappa shape index (κ2) is 14.9. The van der Waals surface area contributed by atoms with Crippen molar-refractivity contribution in [3.8, 4) is 11.5 Å². The molecule has 2 N–H and O–H groups in total. The minimum atomic E-state index is -1.19. The van der Waals surface area contributed by atoms with Crippen molar-refractivity contribution in [3.63, 3.8) is 0 Å². The summed E-state index contributed by atoms with van der Waals surface area (Å²) in [7, 11) is 0. The Morgan fingerprint density at radius 3 is 2.31 bits per heavy atom. The van der Waals surface area contributed by atoms with E-state index in [0.717, 1.165) is 21.6 Å². The Morgan fingerprint density at radius 2 is 1.59 bits per heavy atom. The standard InChI is InChI=1S/C38H36ClN3O7/c1-24-11-13-29(30(39)19-24)36(45)40-31(20-25-7-3-2-4-8-25)32(43)22-41(17-15-26-12-14-33-34(21-26)49-23-48-33)35(44)16-18-42-37(46)27-9-5-6-10-28(27)38(42)47/h2-14,19,21,31-32,43H,15-18,20,22-23H2,1H3,(H,40,45). The van der Waals surface area contributed by atoms with E-state index < -0.39 is 29.9 Å². The Hall–Kier alpha value is -5.19. The second-order valence-electron chi connectivity index (χ2n) is 12.2. The van der Waals surface area contributed by atoms with Crippen molar-refractivity contribution in [1.29, 1.82) is 0 Å². The fourth-order valence-corrected chi connectivity index (χ4v) is 6.36. The second-order valence-corrected chi connectivity index (χ2v) is 12.6. The van der Waals surface area contributed by atoms with Crippen LogP contribution in [0.1, 0.15) is 54.2 Å². The largest absolute Gasteiger partial charge is 0.454 e. The SMILES string of the molecule is Cc1ccc(C(=O)NC(Cc2ccccc2)C(O)CN(CCc2ccc3c(c2)OCO3)C(=O)CCN2C(=O)c3ccccc3C2=O)c(Cl)c1. The van der Waals surface area contributed by atoms with E-state index in [0.29, 0.717) is 34.1 Å². The highest BCUT2D eigenvalue weighted by Crippen LogP contribution is 2.32. The number of nitrogens with zero attached hydrogens (tertiary/aromatic N) is 2. The summed E-state index contributed by atoms with van der Waals surface area (Å²) in [6, 6.07) is 25.9. The van der Waals surface area contributed by atoms with Gasteiger partial charge in [0.15, 0.2) is 11.5 Å². The number of carbonyl (C=O) groups excluding carboxylic acids is 4. The fourth-order valence-electron chi connectivity index (χ4n) is 6.04. The third kappa shape index (κ3) is 7.77. The molecule has 0 aromatic heterocycles. The van der Waals surface area contributed by atoms with Crippen molar-refractivity contribution in [1.82, 2.24) is 15.1 Å². The van der Waals surface area contributed by atoms with Gasteiger partial charge in [0.1, 0.15) is 0 Å². The van der Waals surface area contributed by atoms with Gasteiger partial charge in [0.05, 0.1) is 33.9 Å². The number of aliphatic hydroxyl groups excluding tert-OH is 1. The van der Waals surface area contributed by atoms with E-state index in [2.05, 4.69) is 5.32 Å². The van der Waals surface area contributed by atoms with Crippen LogP contribution in [0.25, 0.3) is 0 Å². The molecule has 0 spiro atoms. The van der Waals surface area contributed by atoms with Gasteiger partial charge in [-0.1, -0.05) is 66.2 Å². The quantitative estimate of drug-likeness (QED) is 0.194. The minimum absolute atomic E-state index is 0.113. The summed E-state index contributed by atoms with van der Waals surface area (Å²) in [4.78, 5) is 55.8. The molecule has 0 fully saturated rings. The number of benzene rings is 4. The predicted molar refractivity (Wildman–Crippen MR) is 183 cm³/mol. The van der Waals surface area contributed by atoms with E-state index in [-0.39, 0.29) is 50.7 Å². The van der Waals surface area contributed by atoms with Crippen molar-refractivity contribution in [2.75, 3.05) is 26.4 Å². The van der Waals surface area contributed by atoms with Crippen LogP contribution in [0, 0.1) is 6.92 Å². The molecule has 2 unspecified atom stereocenters. The first-order chi connectivity index (χ1) is 23.7. The number of aryl methyl sites for hydroxylation is 1. The smallest absolute Gasteiger partial charge is 0.261 e. The summed E-state index contributed by atoms with van der Waals surface area (Å²) < 4.78 is 10.9. The van der Waals surface area contributed by atoms with Gasteiger partial charge in [0, 0.05) is 26.1 Å². The molecule has 0 saturated carbocycles. The number of halogens is 1. The Kier molecular flexibility index (Phi) is 10.3. The first kappa shape index (κ1) is 33.7. The molecule has 2 atom stereocenters. The maximum Gasteiger partial charge on any atom is 0.261 e. The molecule has 0 radical (unpaired) electrons. The van der Waals surface area contributed by atoms with E-state index in [4.69, 9.17) is 21.1 Å². The van der Waals surface area contributed by atoms with E-state index in [1.54, 1.807) is 42.5 Å². The number of carbonyl (C=O) groups is 4. The lowest BCUT2D eigenvalue weighted by atomic mass is 9.99. The highest BCUT2D eigenvalue weighted by molar-refractivity contribution is 6.33. The zero-order valence-corrected chi connectivity index (χ0v) is 27.7. The third-order valence-corrected chi connectivity index (χ3v) is 9.06. The molecule has 0 bridgehead atoms. The molecule has 2 aliphatic heterocycles. The zero-order valence-electron chi connectivity index (χ0n) is 26.9. The molecule has 252 valence electrons. The van der Waals surface area contributed by atoms with Crippen LogP contribution in [-0.4, -0.2) is 77.1 Å². The summed E-state index contributed by atoms with van der Waals surface area (Å²) >= 11 is 6.40. The summed E-state index contributed by atoms with van der Waals surface area (Å²) in [5.41, 5.74) is 3.56. The zero-order chi connectivity index (χ0) is 34.5. The minimum Gasteiger partial charge on any atom is -0.454 e. The van der Waals surface area contributed by atoms with Crippen molar-refractivity contribution < 1.29 is 33.8 Å². The summed E-state index contributed by atoms with van der Waals surface area (Å²) in [6.45, 7) is 1.99. The predicted octanol–water partition coefficient (Wildman–Crippen LogP) is 4.84. The monoisotopic (exact) mass is 681 g/mol. The number of hydrogen-bond acceptors (Lipinski definition) is 7. The number of aliphatic hydroxyl groups is 1. The van der Waals surface area contributed by atoms with Gasteiger partial charge in [-0.2, -0.15) is 0 Å². The first-order valence-corrected chi connectivity index (χ1v) is 16.5. The molecule has 11 heteroatoms. The molecule has 4 aromatic rings. The number of amides is 4. The van der Waals surface area contributed by atoms with Gasteiger partial charge in [-0.05, 0) is 72.9 Å². The molecular weight excluding hydrogens is 646 g/mol. The van der Waals surface area contributed by atoms with Crippen LogP contribution in [0.3, 0.4) is 0 Å². The molecule has 2 heterocycles. The average Bonchev–Trinajstić information content (AvgIpc) is 3.67. The van der Waals surface area contributed by atoms with Crippen LogP contribution in [0.5, 0.6) is 11.5 Å². The van der Waals surface area contributed by atoms with Gasteiger partial charge in [-0.25, -0.2) is 0 Å². The van der Waals surface area contributed by atoms with Crippen LogP contribution in [-0.2, 0) is 17.6 Å². The lowest BCUT2D eigenvalue weighted by molar-refractivity contribution is -0.133. The number of fused-ring (bicyclic) bond motifs is 2. The molecule has 0 saturated heterocycles. The molecule has 2 aliphatic rings. The molecule has 4 aromatic carbocycles. The summed E-state index contributed by atoms with van der Waals surface area (Å²) in [5.74, 6) is -0.444. The van der Waals surface area contributed by atoms with Crippen molar-refractivity contribution in [2.24, 2.45) is 0 Å². The van der Waals surface area contributed by atoms with Gasteiger partial charge >= 0.3 is 0 Å². The molecule has 4 amide bonds. The van der Waals surface area contributed by atoms with Crippen LogP contribution in [0.15, 0.2) is 91.0 Å². The summed E-state index contributed by atoms with van der Waals surface area (Å²) in [5, 5.41) is 14.9. The first-order valence-electron chi connectivity index (χ1n) is 16.1. The molecule has 49 heavy (non-hydrogen) atoms. The third-order valence-electron chi connectivity index (χ3n) is 8.74. The topological polar surface area (TPSA) is 125 Å². The molecule has 6 rings (SSSR count). The highest BCUT2D eigenvalue weighted by Gasteiger charge is 2.36. The van der Waals surface area contributed by atoms with E-state index >= 15 is 0 Å². The fraction of sp³-hybridized carbons (Fsp3) is 0.263. The maximum absolute atomic E-state index is 13.8. The van der Waals surface area contributed by atoms with Crippen molar-refractivity contribution in [3.05, 3.63) is 129 Å². The van der Waals surface area contributed by atoms with Crippen molar-refractivity contribution in [2.45, 2.75) is 38.3 Å². The summed E-state index contributed by atoms with van der Waals surface area (Å²) in [6.07, 6.45) is -0.616. The highest BCUT2D eigenvalue weighted by atomic mass is 35.5. The van der Waals surface area contributed by atoms with Crippen molar-refractivity contribution >= 4 is 35.2 Å². The molecule has 10 nitrogen and oxygen atoms in total. The van der Waals surface area contributed by atoms with Gasteiger partial charge in [0.25, 0.3) is 17.7 Å². The Balaban J connectivity index is 1.20. The van der Waals surface area contributed by atoms with E-state index in [1.807, 2.05) is 55.5 Å². The number of rotatable bonds is 13. The number of hydrogen-bond donors (Lipinski definition) is 2. The molecular formula is C38H36ClN3O7. The van der Waals surface area contributed by atoms with Gasteiger partial charge < -0.3 is 24.8 Å². The number of ether oxygens (including phenoxy) is 2. The Bertz CT molecular complexity index is 1850.